The Hall–Kier alpha value is -3.40. The molecule has 0 spiro atoms. The Kier molecular flexibility index (Phi) is 10.7. The molecule has 10 heteroatoms. The number of aliphatic hydroxyl groups is 1. The highest BCUT2D eigenvalue weighted by atomic mass is 16.3. The first-order valence-electron chi connectivity index (χ1n) is 16.5. The Morgan fingerprint density at radius 1 is 1.07 bits per heavy atom. The van der Waals surface area contributed by atoms with Crippen molar-refractivity contribution in [3.05, 3.63) is 48.2 Å². The van der Waals surface area contributed by atoms with Crippen molar-refractivity contribution in [2.24, 2.45) is 28.9 Å². The minimum atomic E-state index is -0.922. The Morgan fingerprint density at radius 3 is 2.29 bits per heavy atom. The highest BCUT2D eigenvalue weighted by Crippen LogP contribution is 2.50. The lowest BCUT2D eigenvalue weighted by Gasteiger charge is -2.43. The highest BCUT2D eigenvalue weighted by Gasteiger charge is 2.58. The standard InChI is InChI=1S/C35H53N5O5/c1-21(2)17-26(29(42)22(3)36)37-31(43)28-25-19-24(25)20-40(28)32(44)30(34(4,5)6)38-33(45)39-35(15-11-8-12-16-35)27(41)18-23-13-9-7-10-14-23/h7,9-10,13-14,21,24-28,30,41H,3,8,11-12,15-20,36H2,1-2,4-6H3,(H,37,43)(H2,38,39,45)/t24-,25-,26?,27?,28?,30?/m0/s1. The fraction of sp³-hybridized carbons (Fsp3) is 0.657. The summed E-state index contributed by atoms with van der Waals surface area (Å²) in [6, 6.07) is 6.75. The fourth-order valence-electron chi connectivity index (χ4n) is 7.18. The number of benzene rings is 1. The van der Waals surface area contributed by atoms with E-state index < -0.39 is 47.0 Å². The van der Waals surface area contributed by atoms with Crippen LogP contribution in [-0.2, 0) is 20.8 Å². The van der Waals surface area contributed by atoms with Crippen LogP contribution in [0.5, 0.6) is 0 Å². The van der Waals surface area contributed by atoms with E-state index in [1.54, 1.807) is 4.90 Å². The molecule has 45 heavy (non-hydrogen) atoms. The minimum absolute atomic E-state index is 0.0120. The quantitative estimate of drug-likeness (QED) is 0.225. The van der Waals surface area contributed by atoms with Gasteiger partial charge in [0.2, 0.25) is 11.8 Å². The topological polar surface area (TPSA) is 154 Å². The lowest BCUT2D eigenvalue weighted by Crippen LogP contribution is -2.65. The van der Waals surface area contributed by atoms with E-state index in [0.29, 0.717) is 32.2 Å². The van der Waals surface area contributed by atoms with E-state index in [9.17, 15) is 24.3 Å². The van der Waals surface area contributed by atoms with Crippen molar-refractivity contribution in [1.82, 2.24) is 20.9 Å². The number of hydrogen-bond donors (Lipinski definition) is 5. The summed E-state index contributed by atoms with van der Waals surface area (Å²) in [6.45, 7) is 13.5. The lowest BCUT2D eigenvalue weighted by atomic mass is 9.76. The number of ketones is 1. The number of Topliss-reactive ketones (excluding diaryl/α,β-unsaturated/α-hetero) is 1. The van der Waals surface area contributed by atoms with E-state index >= 15 is 0 Å². The number of fused-ring (bicyclic) bond motifs is 1. The maximum absolute atomic E-state index is 14.2. The summed E-state index contributed by atoms with van der Waals surface area (Å²) < 4.78 is 0. The maximum atomic E-state index is 14.2. The van der Waals surface area contributed by atoms with Gasteiger partial charge in [0.25, 0.3) is 0 Å². The Labute approximate surface area is 267 Å². The number of likely N-dealkylation sites (tertiary alicyclic amines) is 1. The number of rotatable bonds is 12. The second-order valence-electron chi connectivity index (χ2n) is 15.0. The molecule has 0 aromatic heterocycles. The SMILES string of the molecule is C=C(N)C(=O)C(CC(C)C)NC(=O)C1[C@H]2C[C@H]2CN1C(=O)C(NC(=O)NC1(C(O)Cc2ccccc2)CCCCC1)C(C)(C)C. The number of nitrogens with zero attached hydrogens (tertiary/aromatic N) is 1. The molecule has 0 bridgehead atoms. The first-order chi connectivity index (χ1) is 21.1. The number of urea groups is 1. The second kappa shape index (κ2) is 13.9. The first kappa shape index (κ1) is 34.5. The van der Waals surface area contributed by atoms with Crippen molar-refractivity contribution in [3.8, 4) is 0 Å². The summed E-state index contributed by atoms with van der Waals surface area (Å²) in [5.74, 6) is -0.782. The van der Waals surface area contributed by atoms with Gasteiger partial charge in [-0.25, -0.2) is 4.79 Å². The van der Waals surface area contributed by atoms with Crippen LogP contribution in [0.4, 0.5) is 4.79 Å². The zero-order chi connectivity index (χ0) is 33.1. The normalized spacial score (nSPS) is 24.2. The molecule has 3 aliphatic rings. The van der Waals surface area contributed by atoms with Crippen LogP contribution < -0.4 is 21.7 Å². The average Bonchev–Trinajstić information content (AvgIpc) is 3.63. The van der Waals surface area contributed by atoms with E-state index in [1.807, 2.05) is 65.0 Å². The van der Waals surface area contributed by atoms with Crippen LogP contribution in [0.25, 0.3) is 0 Å². The van der Waals surface area contributed by atoms with E-state index in [0.717, 1.165) is 31.2 Å². The van der Waals surface area contributed by atoms with Crippen molar-refractivity contribution in [1.29, 1.82) is 0 Å². The summed E-state index contributed by atoms with van der Waals surface area (Å²) in [5.41, 5.74) is 5.09. The van der Waals surface area contributed by atoms with Crippen molar-refractivity contribution in [3.63, 3.8) is 0 Å². The third-order valence-corrected chi connectivity index (χ3v) is 9.76. The maximum Gasteiger partial charge on any atom is 0.315 e. The summed E-state index contributed by atoms with van der Waals surface area (Å²) in [7, 11) is 0. The number of aliphatic hydroxyl groups excluding tert-OH is 1. The molecule has 6 atom stereocenters. The van der Waals surface area contributed by atoms with Crippen LogP contribution in [-0.4, -0.2) is 69.9 Å². The van der Waals surface area contributed by atoms with Crippen molar-refractivity contribution in [2.45, 2.75) is 116 Å². The Balaban J connectivity index is 1.50. The van der Waals surface area contributed by atoms with Gasteiger partial charge in [0.1, 0.15) is 12.1 Å². The van der Waals surface area contributed by atoms with Crippen LogP contribution >= 0.6 is 0 Å². The first-order valence-corrected chi connectivity index (χ1v) is 16.5. The van der Waals surface area contributed by atoms with E-state index in [4.69, 9.17) is 5.73 Å². The molecule has 4 rings (SSSR count). The Morgan fingerprint density at radius 2 is 1.71 bits per heavy atom. The molecule has 1 saturated heterocycles. The molecule has 0 radical (unpaired) electrons. The van der Waals surface area contributed by atoms with Crippen LogP contribution in [0.1, 0.15) is 85.1 Å². The Bertz CT molecular complexity index is 1250. The van der Waals surface area contributed by atoms with Crippen LogP contribution in [0.2, 0.25) is 0 Å². The molecule has 6 N–H and O–H groups in total. The average molecular weight is 624 g/mol. The van der Waals surface area contributed by atoms with Gasteiger partial charge >= 0.3 is 6.03 Å². The van der Waals surface area contributed by atoms with Gasteiger partial charge in [0.15, 0.2) is 5.78 Å². The molecule has 2 aliphatic carbocycles. The summed E-state index contributed by atoms with van der Waals surface area (Å²) in [4.78, 5) is 55.9. The number of piperidine rings is 1. The molecule has 2 saturated carbocycles. The van der Waals surface area contributed by atoms with Crippen LogP contribution in [0.3, 0.4) is 0 Å². The van der Waals surface area contributed by atoms with Crippen molar-refractivity contribution in [2.75, 3.05) is 6.54 Å². The number of carbonyl (C=O) groups is 4. The molecule has 1 aliphatic heterocycles. The number of carbonyl (C=O) groups excluding carboxylic acids is 4. The fourth-order valence-corrected chi connectivity index (χ4v) is 7.18. The molecule has 248 valence electrons. The van der Waals surface area contributed by atoms with Gasteiger partial charge in [-0.3, -0.25) is 14.4 Å². The second-order valence-corrected chi connectivity index (χ2v) is 15.0. The van der Waals surface area contributed by atoms with Gasteiger partial charge in [-0.15, -0.1) is 0 Å². The molecule has 10 nitrogen and oxygen atoms in total. The largest absolute Gasteiger partial charge is 0.396 e. The molecule has 1 aromatic carbocycles. The van der Waals surface area contributed by atoms with E-state index in [2.05, 4.69) is 22.5 Å². The molecule has 1 heterocycles. The predicted octanol–water partition coefficient (Wildman–Crippen LogP) is 3.43. The lowest BCUT2D eigenvalue weighted by molar-refractivity contribution is -0.143. The summed E-state index contributed by atoms with van der Waals surface area (Å²) >= 11 is 0. The summed E-state index contributed by atoms with van der Waals surface area (Å²) in [6.07, 6.45) is 4.96. The van der Waals surface area contributed by atoms with E-state index in [-0.39, 0.29) is 35.3 Å². The van der Waals surface area contributed by atoms with Gasteiger partial charge in [-0.2, -0.15) is 0 Å². The highest BCUT2D eigenvalue weighted by molar-refractivity contribution is 6.01. The van der Waals surface area contributed by atoms with Crippen molar-refractivity contribution >= 4 is 23.6 Å². The molecule has 4 amide bonds. The smallest absolute Gasteiger partial charge is 0.315 e. The molecular weight excluding hydrogens is 570 g/mol. The minimum Gasteiger partial charge on any atom is -0.396 e. The summed E-state index contributed by atoms with van der Waals surface area (Å²) in [5, 5.41) is 20.4. The van der Waals surface area contributed by atoms with Gasteiger partial charge in [-0.05, 0) is 54.4 Å². The number of nitrogens with one attached hydrogen (secondary N) is 3. The zero-order valence-corrected chi connectivity index (χ0v) is 27.6. The molecule has 3 fully saturated rings. The number of amides is 4. The van der Waals surface area contributed by atoms with Gasteiger partial charge < -0.3 is 31.7 Å². The van der Waals surface area contributed by atoms with Gasteiger partial charge in [-0.1, -0.05) is 90.8 Å². The zero-order valence-electron chi connectivity index (χ0n) is 27.6. The predicted molar refractivity (Wildman–Crippen MR) is 174 cm³/mol. The van der Waals surface area contributed by atoms with Crippen molar-refractivity contribution < 1.29 is 24.3 Å². The monoisotopic (exact) mass is 623 g/mol. The van der Waals surface area contributed by atoms with Gasteiger partial charge in [0.05, 0.1) is 23.4 Å². The molecule has 1 aromatic rings. The van der Waals surface area contributed by atoms with Crippen LogP contribution in [0.15, 0.2) is 42.6 Å². The molecule has 4 unspecified atom stereocenters. The number of nitrogens with two attached hydrogens (primary N) is 1. The molecular formula is C35H53N5O5. The number of hydrogen-bond acceptors (Lipinski definition) is 6. The third kappa shape index (κ3) is 8.26. The third-order valence-electron chi connectivity index (χ3n) is 9.76. The van der Waals surface area contributed by atoms with E-state index in [1.165, 1.54) is 0 Å². The van der Waals surface area contributed by atoms with Crippen LogP contribution in [0, 0.1) is 23.2 Å². The van der Waals surface area contributed by atoms with Gasteiger partial charge in [0, 0.05) is 13.0 Å².